The molecule has 0 fully saturated rings. The third-order valence-corrected chi connectivity index (χ3v) is 3.59. The summed E-state index contributed by atoms with van der Waals surface area (Å²) in [5.41, 5.74) is 2.34. The van der Waals surface area contributed by atoms with Crippen LogP contribution in [-0.2, 0) is 4.79 Å². The van der Waals surface area contributed by atoms with E-state index in [4.69, 9.17) is 10.00 Å². The molecule has 1 rings (SSSR count). The Labute approximate surface area is 127 Å². The van der Waals surface area contributed by atoms with Crippen LogP contribution in [0.1, 0.15) is 50.3 Å². The van der Waals surface area contributed by atoms with E-state index < -0.39 is 6.10 Å². The van der Waals surface area contributed by atoms with E-state index in [-0.39, 0.29) is 11.9 Å². The summed E-state index contributed by atoms with van der Waals surface area (Å²) in [4.78, 5) is 12.1. The number of amides is 1. The molecule has 0 heterocycles. The summed E-state index contributed by atoms with van der Waals surface area (Å²) in [6, 6.07) is 5.85. The molecule has 1 aromatic carbocycles. The summed E-state index contributed by atoms with van der Waals surface area (Å²) in [6.07, 6.45) is 1.25. The number of carbonyl (C=O) groups is 1. The van der Waals surface area contributed by atoms with Crippen molar-refractivity contribution in [3.63, 3.8) is 0 Å². The summed E-state index contributed by atoms with van der Waals surface area (Å²) in [5.74, 6) is 0.577. The molecule has 1 unspecified atom stereocenters. The zero-order valence-corrected chi connectivity index (χ0v) is 13.5. The second-order valence-corrected chi connectivity index (χ2v) is 5.33. The van der Waals surface area contributed by atoms with Crippen LogP contribution >= 0.6 is 0 Å². The fraction of sp³-hybridized carbons (Fsp3) is 0.529. The molecule has 0 spiro atoms. The van der Waals surface area contributed by atoms with Crippen molar-refractivity contribution in [2.24, 2.45) is 0 Å². The van der Waals surface area contributed by atoms with Gasteiger partial charge in [-0.2, -0.15) is 5.26 Å². The van der Waals surface area contributed by atoms with E-state index in [0.717, 1.165) is 24.0 Å². The van der Waals surface area contributed by atoms with Gasteiger partial charge in [-0.25, -0.2) is 0 Å². The minimum atomic E-state index is -0.559. The number of rotatable bonds is 6. The number of nitriles is 1. The summed E-state index contributed by atoms with van der Waals surface area (Å²) >= 11 is 0. The van der Waals surface area contributed by atoms with Crippen LogP contribution < -0.4 is 10.1 Å². The van der Waals surface area contributed by atoms with Crippen LogP contribution in [0.3, 0.4) is 0 Å². The largest absolute Gasteiger partial charge is 0.480 e. The Balaban J connectivity index is 2.82. The summed E-state index contributed by atoms with van der Waals surface area (Å²) in [5, 5.41) is 11.9. The average molecular weight is 288 g/mol. The summed E-state index contributed by atoms with van der Waals surface area (Å²) in [7, 11) is 0. The van der Waals surface area contributed by atoms with Crippen molar-refractivity contribution in [2.45, 2.75) is 59.6 Å². The fourth-order valence-corrected chi connectivity index (χ4v) is 2.24. The maximum atomic E-state index is 12.1. The molecule has 1 aromatic rings. The lowest BCUT2D eigenvalue weighted by molar-refractivity contribution is -0.128. The highest BCUT2D eigenvalue weighted by molar-refractivity contribution is 5.81. The second-order valence-electron chi connectivity index (χ2n) is 5.33. The molecule has 0 saturated heterocycles. The molecule has 0 aliphatic rings. The maximum absolute atomic E-state index is 12.1. The van der Waals surface area contributed by atoms with Gasteiger partial charge in [0.05, 0.1) is 11.6 Å². The quantitative estimate of drug-likeness (QED) is 0.874. The molecule has 0 radical (unpaired) electrons. The molecule has 0 aliphatic heterocycles. The summed E-state index contributed by atoms with van der Waals surface area (Å²) < 4.78 is 5.81. The molecule has 0 aliphatic carbocycles. The van der Waals surface area contributed by atoms with E-state index in [0.29, 0.717) is 11.3 Å². The first-order chi connectivity index (χ1) is 9.92. The first-order valence-electron chi connectivity index (χ1n) is 7.41. The van der Waals surface area contributed by atoms with Gasteiger partial charge in [0.2, 0.25) is 0 Å². The smallest absolute Gasteiger partial charge is 0.260 e. The lowest BCUT2D eigenvalue weighted by Gasteiger charge is -2.21. The molecule has 0 aromatic heterocycles. The predicted molar refractivity (Wildman–Crippen MR) is 83.2 cm³/mol. The van der Waals surface area contributed by atoms with Crippen LogP contribution in [0.15, 0.2) is 12.1 Å². The van der Waals surface area contributed by atoms with E-state index in [1.165, 1.54) is 0 Å². The minimum Gasteiger partial charge on any atom is -0.480 e. The van der Waals surface area contributed by atoms with Gasteiger partial charge in [-0.3, -0.25) is 4.79 Å². The average Bonchev–Trinajstić information content (AvgIpc) is 2.47. The van der Waals surface area contributed by atoms with Gasteiger partial charge in [0.25, 0.3) is 5.91 Å². The molecule has 1 atom stereocenters. The molecule has 4 nitrogen and oxygen atoms in total. The fourth-order valence-electron chi connectivity index (χ4n) is 2.24. The first kappa shape index (κ1) is 17.0. The number of nitrogens with zero attached hydrogens (tertiary/aromatic N) is 1. The van der Waals surface area contributed by atoms with Gasteiger partial charge in [0.1, 0.15) is 5.75 Å². The van der Waals surface area contributed by atoms with Gasteiger partial charge in [0, 0.05) is 6.04 Å². The lowest BCUT2D eigenvalue weighted by atomic mass is 10.1. The van der Waals surface area contributed by atoms with Crippen LogP contribution in [0, 0.1) is 25.2 Å². The normalized spacial score (nSPS) is 11.9. The first-order valence-corrected chi connectivity index (χ1v) is 7.41. The monoisotopic (exact) mass is 288 g/mol. The zero-order chi connectivity index (χ0) is 16.0. The Morgan fingerprint density at radius 1 is 1.29 bits per heavy atom. The molecular formula is C17H24N2O2. The molecule has 1 amide bonds. The van der Waals surface area contributed by atoms with Crippen LogP contribution in [0.25, 0.3) is 0 Å². The number of benzene rings is 1. The maximum Gasteiger partial charge on any atom is 0.260 e. The Morgan fingerprint density at radius 3 is 2.24 bits per heavy atom. The van der Waals surface area contributed by atoms with Crippen LogP contribution in [-0.4, -0.2) is 18.1 Å². The van der Waals surface area contributed by atoms with E-state index in [9.17, 15) is 4.79 Å². The van der Waals surface area contributed by atoms with E-state index in [2.05, 4.69) is 25.2 Å². The Morgan fingerprint density at radius 2 is 1.81 bits per heavy atom. The van der Waals surface area contributed by atoms with Gasteiger partial charge in [-0.15, -0.1) is 0 Å². The lowest BCUT2D eigenvalue weighted by Crippen LogP contribution is -2.42. The standard InChI is InChI=1S/C17H24N2O2/c1-6-15(7-2)19-17(20)13(5)21-16-11(3)8-14(10-18)9-12(16)4/h8-9,13,15H,6-7H2,1-5H3,(H,19,20). The van der Waals surface area contributed by atoms with Crippen LogP contribution in [0.4, 0.5) is 0 Å². The van der Waals surface area contributed by atoms with Gasteiger partial charge < -0.3 is 10.1 Å². The van der Waals surface area contributed by atoms with Crippen LogP contribution in [0.2, 0.25) is 0 Å². The topological polar surface area (TPSA) is 62.1 Å². The third kappa shape index (κ3) is 4.49. The number of aryl methyl sites for hydroxylation is 2. The SMILES string of the molecule is CCC(CC)NC(=O)C(C)Oc1c(C)cc(C#N)cc1C. The van der Waals surface area contributed by atoms with Crippen molar-refractivity contribution in [1.82, 2.24) is 5.32 Å². The number of carbonyl (C=O) groups excluding carboxylic acids is 1. The number of nitrogens with one attached hydrogen (secondary N) is 1. The Hall–Kier alpha value is -2.02. The van der Waals surface area contributed by atoms with E-state index in [1.54, 1.807) is 19.1 Å². The molecular weight excluding hydrogens is 264 g/mol. The van der Waals surface area contributed by atoms with Crippen LogP contribution in [0.5, 0.6) is 5.75 Å². The van der Waals surface area contributed by atoms with Crippen molar-refractivity contribution in [3.8, 4) is 11.8 Å². The predicted octanol–water partition coefficient (Wildman–Crippen LogP) is 3.25. The zero-order valence-electron chi connectivity index (χ0n) is 13.5. The molecule has 0 bridgehead atoms. The van der Waals surface area contributed by atoms with E-state index >= 15 is 0 Å². The Bertz CT molecular complexity index is 519. The highest BCUT2D eigenvalue weighted by atomic mass is 16.5. The Kier molecular flexibility index (Phi) is 6.23. The summed E-state index contributed by atoms with van der Waals surface area (Å²) in [6.45, 7) is 9.61. The van der Waals surface area contributed by atoms with Gasteiger partial charge >= 0.3 is 0 Å². The number of hydrogen-bond acceptors (Lipinski definition) is 3. The van der Waals surface area contributed by atoms with Crippen molar-refractivity contribution in [2.75, 3.05) is 0 Å². The molecule has 1 N–H and O–H groups in total. The molecule has 21 heavy (non-hydrogen) atoms. The third-order valence-electron chi connectivity index (χ3n) is 3.59. The van der Waals surface area contributed by atoms with E-state index in [1.807, 2.05) is 13.8 Å². The number of hydrogen-bond donors (Lipinski definition) is 1. The highest BCUT2D eigenvalue weighted by Gasteiger charge is 2.19. The van der Waals surface area contributed by atoms with Crippen molar-refractivity contribution in [3.05, 3.63) is 28.8 Å². The van der Waals surface area contributed by atoms with Gasteiger partial charge in [-0.1, -0.05) is 13.8 Å². The van der Waals surface area contributed by atoms with Gasteiger partial charge in [0.15, 0.2) is 6.10 Å². The van der Waals surface area contributed by atoms with Crippen molar-refractivity contribution < 1.29 is 9.53 Å². The number of ether oxygens (including phenoxy) is 1. The highest BCUT2D eigenvalue weighted by Crippen LogP contribution is 2.25. The minimum absolute atomic E-state index is 0.105. The van der Waals surface area contributed by atoms with Gasteiger partial charge in [-0.05, 0) is 56.9 Å². The molecule has 0 saturated carbocycles. The van der Waals surface area contributed by atoms with Crippen molar-refractivity contribution >= 4 is 5.91 Å². The molecule has 114 valence electrons. The second kappa shape index (κ2) is 7.68. The molecule has 4 heteroatoms. The van der Waals surface area contributed by atoms with Crippen molar-refractivity contribution in [1.29, 1.82) is 5.26 Å².